The monoisotopic (exact) mass is 235 g/mol. The summed E-state index contributed by atoms with van der Waals surface area (Å²) in [4.78, 5) is 4.33. The van der Waals surface area contributed by atoms with Gasteiger partial charge in [-0.3, -0.25) is 0 Å². The first-order chi connectivity index (χ1) is 8.29. The minimum atomic E-state index is 0.330. The van der Waals surface area contributed by atoms with E-state index in [0.717, 1.165) is 50.2 Å². The minimum Gasteiger partial charge on any atom is -0.378 e. The maximum atomic E-state index is 5.87. The first-order valence-electron chi connectivity index (χ1n) is 6.28. The van der Waals surface area contributed by atoms with Crippen LogP contribution in [0.3, 0.4) is 0 Å². The highest BCUT2D eigenvalue weighted by Gasteiger charge is 2.19. The van der Waals surface area contributed by atoms with Gasteiger partial charge < -0.3 is 15.0 Å². The fraction of sp³-hybridized carbons (Fsp3) is 0.615. The van der Waals surface area contributed by atoms with Gasteiger partial charge in [0.1, 0.15) is 5.82 Å². The summed E-state index contributed by atoms with van der Waals surface area (Å²) in [5, 5.41) is 0. The van der Waals surface area contributed by atoms with Gasteiger partial charge in [-0.15, -0.1) is 0 Å². The van der Waals surface area contributed by atoms with Crippen LogP contribution in [0.1, 0.15) is 25.1 Å². The molecular weight excluding hydrogens is 214 g/mol. The molecule has 0 amide bonds. The molecule has 0 radical (unpaired) electrons. The molecule has 4 heteroatoms. The van der Waals surface area contributed by atoms with Gasteiger partial charge >= 0.3 is 0 Å². The summed E-state index contributed by atoms with van der Waals surface area (Å²) in [5.41, 5.74) is 6.59. The smallest absolute Gasteiger partial charge is 0.111 e. The molecule has 94 valence electrons. The second-order valence-electron chi connectivity index (χ2n) is 4.58. The summed E-state index contributed by atoms with van der Waals surface area (Å²) in [6, 6.07) is 0. The number of nitrogens with two attached hydrogens (primary N) is 1. The number of hydrogen-bond acceptors (Lipinski definition) is 3. The molecule has 1 aliphatic rings. The maximum Gasteiger partial charge on any atom is 0.111 e. The number of fused-ring (bicyclic) bond motifs is 1. The van der Waals surface area contributed by atoms with Crippen LogP contribution in [0.25, 0.3) is 0 Å². The highest BCUT2D eigenvalue weighted by atomic mass is 16.5. The summed E-state index contributed by atoms with van der Waals surface area (Å²) in [5.74, 6) is 1.15. The van der Waals surface area contributed by atoms with E-state index in [1.54, 1.807) is 0 Å². The van der Waals surface area contributed by atoms with Crippen molar-refractivity contribution in [1.29, 1.82) is 0 Å². The van der Waals surface area contributed by atoms with Crippen LogP contribution in [0.2, 0.25) is 0 Å². The van der Waals surface area contributed by atoms with Gasteiger partial charge in [-0.05, 0) is 19.3 Å². The SMILES string of the molecule is C=C(CN)CCCOC1CCn2ccnc2C1. The van der Waals surface area contributed by atoms with Gasteiger partial charge in [-0.2, -0.15) is 0 Å². The molecule has 2 N–H and O–H groups in total. The number of aromatic nitrogens is 2. The van der Waals surface area contributed by atoms with Gasteiger partial charge in [0.2, 0.25) is 0 Å². The van der Waals surface area contributed by atoms with Crippen LogP contribution in [0.4, 0.5) is 0 Å². The molecule has 1 aromatic rings. The average Bonchev–Trinajstić information content (AvgIpc) is 2.81. The number of nitrogens with zero attached hydrogens (tertiary/aromatic N) is 2. The Morgan fingerprint density at radius 3 is 3.35 bits per heavy atom. The lowest BCUT2D eigenvalue weighted by Crippen LogP contribution is -2.26. The van der Waals surface area contributed by atoms with Crippen molar-refractivity contribution < 1.29 is 4.74 Å². The van der Waals surface area contributed by atoms with Crippen LogP contribution in [0, 0.1) is 0 Å². The molecule has 2 rings (SSSR count). The zero-order chi connectivity index (χ0) is 12.1. The largest absolute Gasteiger partial charge is 0.378 e. The maximum absolute atomic E-state index is 5.87. The van der Waals surface area contributed by atoms with Crippen LogP contribution in [-0.4, -0.2) is 28.8 Å². The minimum absolute atomic E-state index is 0.330. The van der Waals surface area contributed by atoms with E-state index in [4.69, 9.17) is 10.5 Å². The van der Waals surface area contributed by atoms with Gasteiger partial charge in [0.25, 0.3) is 0 Å². The molecule has 0 saturated heterocycles. The van der Waals surface area contributed by atoms with E-state index in [-0.39, 0.29) is 0 Å². The van der Waals surface area contributed by atoms with Crippen LogP contribution >= 0.6 is 0 Å². The van der Waals surface area contributed by atoms with Crippen molar-refractivity contribution in [3.05, 3.63) is 30.4 Å². The molecule has 0 saturated carbocycles. The van der Waals surface area contributed by atoms with Crippen LogP contribution in [-0.2, 0) is 17.7 Å². The molecule has 1 unspecified atom stereocenters. The molecule has 0 fully saturated rings. The van der Waals surface area contributed by atoms with E-state index in [0.29, 0.717) is 12.6 Å². The van der Waals surface area contributed by atoms with Crippen molar-refractivity contribution in [3.63, 3.8) is 0 Å². The van der Waals surface area contributed by atoms with E-state index in [1.165, 1.54) is 0 Å². The van der Waals surface area contributed by atoms with Crippen molar-refractivity contribution in [1.82, 2.24) is 9.55 Å². The van der Waals surface area contributed by atoms with E-state index in [2.05, 4.69) is 16.1 Å². The predicted molar refractivity (Wildman–Crippen MR) is 67.7 cm³/mol. The number of imidazole rings is 1. The molecule has 17 heavy (non-hydrogen) atoms. The lowest BCUT2D eigenvalue weighted by Gasteiger charge is -2.23. The first kappa shape index (κ1) is 12.3. The molecule has 0 spiro atoms. The predicted octanol–water partition coefficient (Wildman–Crippen LogP) is 1.51. The third-order valence-corrected chi connectivity index (χ3v) is 3.22. The van der Waals surface area contributed by atoms with Gasteiger partial charge in [-0.25, -0.2) is 4.98 Å². The van der Waals surface area contributed by atoms with E-state index < -0.39 is 0 Å². The van der Waals surface area contributed by atoms with Gasteiger partial charge in [0.15, 0.2) is 0 Å². The summed E-state index contributed by atoms with van der Waals surface area (Å²) in [7, 11) is 0. The Hall–Kier alpha value is -1.13. The zero-order valence-corrected chi connectivity index (χ0v) is 10.3. The van der Waals surface area contributed by atoms with E-state index >= 15 is 0 Å². The lowest BCUT2D eigenvalue weighted by molar-refractivity contribution is 0.0343. The van der Waals surface area contributed by atoms with Crippen LogP contribution in [0.5, 0.6) is 0 Å². The standard InChI is InChI=1S/C13H21N3O/c1-11(10-14)3-2-8-17-12-4-6-16-7-5-15-13(16)9-12/h5,7,12H,1-4,6,8-10,14H2. The second kappa shape index (κ2) is 5.98. The first-order valence-corrected chi connectivity index (χ1v) is 6.28. The number of rotatable bonds is 6. The van der Waals surface area contributed by atoms with Gasteiger partial charge in [0, 0.05) is 38.5 Å². The molecule has 0 bridgehead atoms. The number of ether oxygens (including phenoxy) is 1. The second-order valence-corrected chi connectivity index (χ2v) is 4.58. The number of hydrogen-bond donors (Lipinski definition) is 1. The summed E-state index contributed by atoms with van der Waals surface area (Å²) < 4.78 is 8.07. The molecule has 1 aromatic heterocycles. The van der Waals surface area contributed by atoms with E-state index in [9.17, 15) is 0 Å². The third kappa shape index (κ3) is 3.41. The summed E-state index contributed by atoms with van der Waals surface area (Å²) >= 11 is 0. The highest BCUT2D eigenvalue weighted by Crippen LogP contribution is 2.16. The molecular formula is C13H21N3O. The Balaban J connectivity index is 1.67. The van der Waals surface area contributed by atoms with Crippen molar-refractivity contribution in [3.8, 4) is 0 Å². The number of aryl methyl sites for hydroxylation is 1. The van der Waals surface area contributed by atoms with Crippen molar-refractivity contribution in [2.75, 3.05) is 13.2 Å². The Kier molecular flexibility index (Phi) is 4.34. The zero-order valence-electron chi connectivity index (χ0n) is 10.3. The normalized spacial score (nSPS) is 19.0. The molecule has 2 heterocycles. The highest BCUT2D eigenvalue weighted by molar-refractivity contribution is 4.98. The summed E-state index contributed by atoms with van der Waals surface area (Å²) in [6.07, 6.45) is 8.24. The van der Waals surface area contributed by atoms with Gasteiger partial charge in [-0.1, -0.05) is 12.2 Å². The fourth-order valence-electron chi connectivity index (χ4n) is 2.14. The lowest BCUT2D eigenvalue weighted by atomic mass is 10.1. The molecule has 4 nitrogen and oxygen atoms in total. The molecule has 1 aliphatic heterocycles. The fourth-order valence-corrected chi connectivity index (χ4v) is 2.14. The molecule has 0 aromatic carbocycles. The average molecular weight is 235 g/mol. The van der Waals surface area contributed by atoms with Crippen molar-refractivity contribution in [2.24, 2.45) is 5.73 Å². The van der Waals surface area contributed by atoms with Crippen LogP contribution < -0.4 is 5.73 Å². The molecule has 1 atom stereocenters. The summed E-state index contributed by atoms with van der Waals surface area (Å²) in [6.45, 7) is 6.29. The Morgan fingerprint density at radius 2 is 2.53 bits per heavy atom. The van der Waals surface area contributed by atoms with Crippen molar-refractivity contribution >= 4 is 0 Å². The van der Waals surface area contributed by atoms with Gasteiger partial charge in [0.05, 0.1) is 6.10 Å². The Morgan fingerprint density at radius 1 is 1.65 bits per heavy atom. The van der Waals surface area contributed by atoms with Crippen LogP contribution in [0.15, 0.2) is 24.5 Å². The van der Waals surface area contributed by atoms with Crippen molar-refractivity contribution in [2.45, 2.75) is 38.3 Å². The Labute approximate surface area is 102 Å². The Bertz CT molecular complexity index is 372. The topological polar surface area (TPSA) is 53.1 Å². The van der Waals surface area contributed by atoms with E-state index in [1.807, 2.05) is 12.4 Å². The quantitative estimate of drug-likeness (QED) is 0.600. The third-order valence-electron chi connectivity index (χ3n) is 3.22. The molecule has 0 aliphatic carbocycles.